The summed E-state index contributed by atoms with van der Waals surface area (Å²) < 4.78 is 6.94. The van der Waals surface area contributed by atoms with Crippen molar-refractivity contribution in [3.63, 3.8) is 0 Å². The molecule has 0 aliphatic heterocycles. The average Bonchev–Trinajstić information content (AvgIpc) is 2.98. The van der Waals surface area contributed by atoms with Crippen LogP contribution in [0.25, 0.3) is 0 Å². The molecular formula is C13H19N5O2S2. The third kappa shape index (κ3) is 5.23. The summed E-state index contributed by atoms with van der Waals surface area (Å²) in [5, 5.41) is 12.3. The standard InChI is InChI=1S/C13H19N5O2S2/c1-13(2,3)20-12(19)16-11-15-9(7-22-11)6-18-5-4-10(17-18)14-8-21/h4-5,7,21H,6,8H2,1-3H3,(H,14,17)(H,15,16,19). The first kappa shape index (κ1) is 16.6. The lowest BCUT2D eigenvalue weighted by Crippen LogP contribution is -2.27. The van der Waals surface area contributed by atoms with Gasteiger partial charge in [0.2, 0.25) is 0 Å². The first-order chi connectivity index (χ1) is 10.4. The van der Waals surface area contributed by atoms with Crippen LogP contribution in [0.5, 0.6) is 0 Å². The van der Waals surface area contributed by atoms with Crippen LogP contribution in [0.15, 0.2) is 17.6 Å². The van der Waals surface area contributed by atoms with Gasteiger partial charge in [0.05, 0.1) is 18.1 Å². The maximum absolute atomic E-state index is 11.7. The largest absolute Gasteiger partial charge is 0.444 e. The number of nitrogens with zero attached hydrogens (tertiary/aromatic N) is 3. The number of nitrogens with one attached hydrogen (secondary N) is 2. The minimum atomic E-state index is -0.532. The Morgan fingerprint density at radius 2 is 2.27 bits per heavy atom. The number of amides is 1. The third-order valence-corrected chi connectivity index (χ3v) is 3.35. The summed E-state index contributed by atoms with van der Waals surface area (Å²) in [5.74, 6) is 1.29. The van der Waals surface area contributed by atoms with Gasteiger partial charge in [-0.1, -0.05) is 0 Å². The molecule has 1 amide bonds. The van der Waals surface area contributed by atoms with E-state index < -0.39 is 11.7 Å². The van der Waals surface area contributed by atoms with E-state index in [2.05, 4.69) is 33.3 Å². The summed E-state index contributed by atoms with van der Waals surface area (Å²) in [7, 11) is 0. The predicted molar refractivity (Wildman–Crippen MR) is 90.8 cm³/mol. The van der Waals surface area contributed by atoms with E-state index in [-0.39, 0.29) is 0 Å². The number of anilines is 2. The number of thiazole rings is 1. The van der Waals surface area contributed by atoms with E-state index in [4.69, 9.17) is 4.74 Å². The average molecular weight is 341 g/mol. The first-order valence-corrected chi connectivity index (χ1v) is 8.19. The number of thiol groups is 1. The van der Waals surface area contributed by atoms with Crippen molar-refractivity contribution in [2.24, 2.45) is 0 Å². The van der Waals surface area contributed by atoms with Crippen molar-refractivity contribution in [2.75, 3.05) is 16.5 Å². The molecule has 0 aliphatic rings. The Labute approximate surface area is 138 Å². The quantitative estimate of drug-likeness (QED) is 0.575. The second-order valence-electron chi connectivity index (χ2n) is 5.50. The van der Waals surface area contributed by atoms with Crippen LogP contribution in [0.3, 0.4) is 0 Å². The van der Waals surface area contributed by atoms with Crippen molar-refractivity contribution in [2.45, 2.75) is 32.9 Å². The van der Waals surface area contributed by atoms with Gasteiger partial charge in [0.15, 0.2) is 5.13 Å². The van der Waals surface area contributed by atoms with Gasteiger partial charge in [-0.25, -0.2) is 9.78 Å². The van der Waals surface area contributed by atoms with Crippen LogP contribution in [-0.4, -0.2) is 32.3 Å². The summed E-state index contributed by atoms with van der Waals surface area (Å²) in [6.45, 7) is 5.97. The summed E-state index contributed by atoms with van der Waals surface area (Å²) in [5.41, 5.74) is 0.284. The highest BCUT2D eigenvalue weighted by atomic mass is 32.1. The molecule has 120 valence electrons. The van der Waals surface area contributed by atoms with Crippen LogP contribution < -0.4 is 10.6 Å². The summed E-state index contributed by atoms with van der Waals surface area (Å²) in [6.07, 6.45) is 1.35. The van der Waals surface area contributed by atoms with E-state index >= 15 is 0 Å². The Balaban J connectivity index is 1.92. The number of carbonyl (C=O) groups is 1. The summed E-state index contributed by atoms with van der Waals surface area (Å²) >= 11 is 5.43. The van der Waals surface area contributed by atoms with Crippen molar-refractivity contribution in [1.82, 2.24) is 14.8 Å². The summed E-state index contributed by atoms with van der Waals surface area (Å²) in [6, 6.07) is 1.86. The highest BCUT2D eigenvalue weighted by molar-refractivity contribution is 7.80. The molecule has 0 bridgehead atoms. The van der Waals surface area contributed by atoms with Crippen molar-refractivity contribution in [3.8, 4) is 0 Å². The van der Waals surface area contributed by atoms with Gasteiger partial charge >= 0.3 is 6.09 Å². The molecule has 2 N–H and O–H groups in total. The minimum absolute atomic E-state index is 0.505. The van der Waals surface area contributed by atoms with Gasteiger partial charge in [-0.05, 0) is 20.8 Å². The zero-order valence-electron chi connectivity index (χ0n) is 12.7. The van der Waals surface area contributed by atoms with Crippen molar-refractivity contribution < 1.29 is 9.53 Å². The van der Waals surface area contributed by atoms with E-state index in [1.54, 1.807) is 4.68 Å². The van der Waals surface area contributed by atoms with Gasteiger partial charge < -0.3 is 10.1 Å². The fourth-order valence-electron chi connectivity index (χ4n) is 1.62. The van der Waals surface area contributed by atoms with Crippen LogP contribution in [-0.2, 0) is 11.3 Å². The molecule has 7 nitrogen and oxygen atoms in total. The van der Waals surface area contributed by atoms with E-state index in [1.165, 1.54) is 11.3 Å². The van der Waals surface area contributed by atoms with Gasteiger partial charge in [-0.3, -0.25) is 10.00 Å². The number of ether oxygens (including phenoxy) is 1. The lowest BCUT2D eigenvalue weighted by atomic mass is 10.2. The molecule has 2 heterocycles. The normalized spacial score (nSPS) is 11.3. The highest BCUT2D eigenvalue weighted by Gasteiger charge is 2.17. The topological polar surface area (TPSA) is 81.1 Å². The van der Waals surface area contributed by atoms with Crippen LogP contribution >= 0.6 is 24.0 Å². The number of rotatable bonds is 5. The molecule has 0 radical (unpaired) electrons. The molecular weight excluding hydrogens is 322 g/mol. The molecule has 2 rings (SSSR count). The SMILES string of the molecule is CC(C)(C)OC(=O)Nc1nc(Cn2ccc(NCS)n2)cs1. The molecule has 0 saturated carbocycles. The molecule has 0 atom stereocenters. The fraction of sp³-hybridized carbons (Fsp3) is 0.462. The molecule has 22 heavy (non-hydrogen) atoms. The van der Waals surface area contributed by atoms with E-state index in [0.717, 1.165) is 11.5 Å². The van der Waals surface area contributed by atoms with E-state index in [0.29, 0.717) is 17.6 Å². The lowest BCUT2D eigenvalue weighted by molar-refractivity contribution is 0.0636. The van der Waals surface area contributed by atoms with E-state index in [9.17, 15) is 4.79 Å². The number of aromatic nitrogens is 3. The van der Waals surface area contributed by atoms with Crippen LogP contribution in [0.4, 0.5) is 15.7 Å². The molecule has 0 fully saturated rings. The molecule has 0 aliphatic carbocycles. The summed E-state index contributed by atoms with van der Waals surface area (Å²) in [4.78, 5) is 16.0. The van der Waals surface area contributed by atoms with Gasteiger partial charge in [0.25, 0.3) is 0 Å². The second kappa shape index (κ2) is 7.01. The predicted octanol–water partition coefficient (Wildman–Crippen LogP) is 3.03. The smallest absolute Gasteiger partial charge is 0.413 e. The van der Waals surface area contributed by atoms with Gasteiger partial charge in [-0.15, -0.1) is 11.3 Å². The molecule has 0 unspecified atom stereocenters. The van der Waals surface area contributed by atoms with Crippen molar-refractivity contribution in [1.29, 1.82) is 0 Å². The van der Waals surface area contributed by atoms with Gasteiger partial charge in [-0.2, -0.15) is 17.7 Å². The van der Waals surface area contributed by atoms with Gasteiger partial charge in [0.1, 0.15) is 11.4 Å². The Kier molecular flexibility index (Phi) is 5.30. The van der Waals surface area contributed by atoms with Gasteiger partial charge in [0, 0.05) is 17.6 Å². The Morgan fingerprint density at radius 3 is 2.95 bits per heavy atom. The maximum Gasteiger partial charge on any atom is 0.413 e. The zero-order chi connectivity index (χ0) is 16.2. The number of hydrogen-bond acceptors (Lipinski definition) is 7. The Morgan fingerprint density at radius 1 is 1.50 bits per heavy atom. The fourth-order valence-corrected chi connectivity index (χ4v) is 2.47. The monoisotopic (exact) mass is 341 g/mol. The number of hydrogen-bond donors (Lipinski definition) is 3. The van der Waals surface area contributed by atoms with Crippen molar-refractivity contribution in [3.05, 3.63) is 23.3 Å². The number of carbonyl (C=O) groups excluding carboxylic acids is 1. The molecule has 0 aromatic carbocycles. The molecule has 9 heteroatoms. The Bertz CT molecular complexity index is 632. The lowest BCUT2D eigenvalue weighted by Gasteiger charge is -2.18. The van der Waals surface area contributed by atoms with Crippen LogP contribution in [0.2, 0.25) is 0 Å². The van der Waals surface area contributed by atoms with Crippen LogP contribution in [0, 0.1) is 0 Å². The zero-order valence-corrected chi connectivity index (χ0v) is 14.4. The van der Waals surface area contributed by atoms with Crippen LogP contribution in [0.1, 0.15) is 26.5 Å². The highest BCUT2D eigenvalue weighted by Crippen LogP contribution is 2.18. The third-order valence-electron chi connectivity index (χ3n) is 2.38. The maximum atomic E-state index is 11.7. The Hall–Kier alpha value is -1.74. The minimum Gasteiger partial charge on any atom is -0.444 e. The molecule has 0 spiro atoms. The first-order valence-electron chi connectivity index (χ1n) is 6.68. The van der Waals surface area contributed by atoms with Crippen molar-refractivity contribution >= 4 is 41.0 Å². The molecule has 2 aromatic rings. The molecule has 0 saturated heterocycles. The molecule has 2 aromatic heterocycles. The van der Waals surface area contributed by atoms with E-state index in [1.807, 2.05) is 38.4 Å². The second-order valence-corrected chi connectivity index (χ2v) is 6.68.